The van der Waals surface area contributed by atoms with Crippen LogP contribution >= 0.6 is 23.4 Å². The van der Waals surface area contributed by atoms with Crippen LogP contribution in [0.5, 0.6) is 11.5 Å². The number of benzene rings is 2. The van der Waals surface area contributed by atoms with E-state index in [0.29, 0.717) is 10.8 Å². The number of hydrogen-bond donors (Lipinski definition) is 1. The molecule has 1 aliphatic rings. The smallest absolute Gasteiger partial charge is 0.138 e. The number of nitrogens with one attached hydrogen (secondary N) is 1. The molecule has 1 aliphatic heterocycles. The van der Waals surface area contributed by atoms with Crippen molar-refractivity contribution in [1.82, 2.24) is 0 Å². The molecule has 0 atom stereocenters. The molecule has 3 nitrogen and oxygen atoms in total. The molecule has 0 radical (unpaired) electrons. The molecule has 0 spiro atoms. The van der Waals surface area contributed by atoms with Gasteiger partial charge in [0.15, 0.2) is 0 Å². The summed E-state index contributed by atoms with van der Waals surface area (Å²) >= 11 is 7.81. The monoisotopic (exact) mass is 293 g/mol. The van der Waals surface area contributed by atoms with Gasteiger partial charge in [-0.05, 0) is 30.3 Å². The normalized spacial score (nSPS) is 12.2. The highest BCUT2D eigenvalue weighted by molar-refractivity contribution is 7.99. The minimum Gasteiger partial charge on any atom is -0.497 e. The molecule has 0 saturated carbocycles. The van der Waals surface area contributed by atoms with Gasteiger partial charge in [-0.2, -0.15) is 0 Å². The van der Waals surface area contributed by atoms with Crippen LogP contribution in [0.25, 0.3) is 0 Å². The molecule has 0 aromatic heterocycles. The first-order valence-corrected chi connectivity index (χ1v) is 6.91. The first kappa shape index (κ1) is 12.5. The van der Waals surface area contributed by atoms with E-state index in [1.165, 1.54) is 0 Å². The molecule has 3 rings (SSSR count). The lowest BCUT2D eigenvalue weighted by atomic mass is 10.2. The Hall–Kier alpha value is -1.52. The number of hydrogen-bond acceptors (Lipinski definition) is 4. The molecule has 0 bridgehead atoms. The maximum Gasteiger partial charge on any atom is 0.138 e. The van der Waals surface area contributed by atoms with Gasteiger partial charge in [0.05, 0.1) is 30.6 Å². The van der Waals surface area contributed by atoms with Crippen molar-refractivity contribution in [2.75, 3.05) is 19.5 Å². The van der Waals surface area contributed by atoms with Gasteiger partial charge < -0.3 is 14.8 Å². The van der Waals surface area contributed by atoms with Crippen LogP contribution in [0.4, 0.5) is 11.4 Å². The Balaban J connectivity index is 2.04. The summed E-state index contributed by atoms with van der Waals surface area (Å²) in [7, 11) is 3.28. The lowest BCUT2D eigenvalue weighted by Gasteiger charge is -2.22. The number of halogens is 1. The Morgan fingerprint density at radius 2 is 1.79 bits per heavy atom. The fraction of sp³-hybridized carbons (Fsp3) is 0.143. The molecule has 0 fully saturated rings. The summed E-state index contributed by atoms with van der Waals surface area (Å²) in [4.78, 5) is 2.21. The van der Waals surface area contributed by atoms with Gasteiger partial charge in [-0.15, -0.1) is 0 Å². The Morgan fingerprint density at radius 1 is 1.00 bits per heavy atom. The maximum absolute atomic E-state index is 6.14. The van der Waals surface area contributed by atoms with Gasteiger partial charge in [-0.3, -0.25) is 0 Å². The Bertz CT molecular complexity index is 646. The number of fused-ring (bicyclic) bond motifs is 2. The number of ether oxygens (including phenoxy) is 2. The summed E-state index contributed by atoms with van der Waals surface area (Å²) in [6, 6.07) is 9.77. The van der Waals surface area contributed by atoms with Gasteiger partial charge >= 0.3 is 0 Å². The van der Waals surface area contributed by atoms with E-state index in [-0.39, 0.29) is 0 Å². The van der Waals surface area contributed by atoms with Gasteiger partial charge in [0.2, 0.25) is 0 Å². The Morgan fingerprint density at radius 3 is 2.53 bits per heavy atom. The van der Waals surface area contributed by atoms with E-state index in [2.05, 4.69) is 5.32 Å². The first-order chi connectivity index (χ1) is 9.21. The van der Waals surface area contributed by atoms with Crippen LogP contribution in [0.3, 0.4) is 0 Å². The van der Waals surface area contributed by atoms with Crippen LogP contribution in [0.15, 0.2) is 40.1 Å². The standard InChI is InChI=1S/C14H12ClNO2S/c1-17-8-3-4-10-13(5-8)19-14-7-12(18-2)9(15)6-11(14)16-10/h3-7,16H,1-2H3. The van der Waals surface area contributed by atoms with Crippen LogP contribution in [0.1, 0.15) is 0 Å². The van der Waals surface area contributed by atoms with Gasteiger partial charge in [0.25, 0.3) is 0 Å². The lowest BCUT2D eigenvalue weighted by Crippen LogP contribution is -2.00. The molecule has 0 amide bonds. The van der Waals surface area contributed by atoms with Crippen molar-refractivity contribution in [2.24, 2.45) is 0 Å². The van der Waals surface area contributed by atoms with E-state index in [9.17, 15) is 0 Å². The minimum absolute atomic E-state index is 0.603. The predicted octanol–water partition coefficient (Wildman–Crippen LogP) is 4.57. The van der Waals surface area contributed by atoms with Crippen molar-refractivity contribution in [3.8, 4) is 11.5 Å². The summed E-state index contributed by atoms with van der Waals surface area (Å²) in [6.45, 7) is 0. The zero-order valence-electron chi connectivity index (χ0n) is 10.5. The summed E-state index contributed by atoms with van der Waals surface area (Å²) in [5.41, 5.74) is 2.05. The Kier molecular flexibility index (Phi) is 3.21. The van der Waals surface area contributed by atoms with Crippen LogP contribution in [-0.2, 0) is 0 Å². The lowest BCUT2D eigenvalue weighted by molar-refractivity contribution is 0.413. The second kappa shape index (κ2) is 4.87. The van der Waals surface area contributed by atoms with Crippen molar-refractivity contribution in [2.45, 2.75) is 9.79 Å². The average Bonchev–Trinajstić information content (AvgIpc) is 2.44. The predicted molar refractivity (Wildman–Crippen MR) is 78.4 cm³/mol. The number of anilines is 2. The summed E-state index contributed by atoms with van der Waals surface area (Å²) in [5.74, 6) is 1.53. The SMILES string of the molecule is COc1ccc2c(c1)Sc1cc(OC)c(Cl)cc1N2. The van der Waals surface area contributed by atoms with Crippen molar-refractivity contribution in [3.63, 3.8) is 0 Å². The zero-order chi connectivity index (χ0) is 13.4. The van der Waals surface area contributed by atoms with Crippen LogP contribution in [-0.4, -0.2) is 14.2 Å². The molecular formula is C14H12ClNO2S. The number of rotatable bonds is 2. The summed E-state index contributed by atoms with van der Waals surface area (Å²) < 4.78 is 10.5. The van der Waals surface area contributed by atoms with Crippen molar-refractivity contribution in [1.29, 1.82) is 0 Å². The second-order valence-corrected chi connectivity index (χ2v) is 5.56. The van der Waals surface area contributed by atoms with Crippen molar-refractivity contribution < 1.29 is 9.47 Å². The molecule has 19 heavy (non-hydrogen) atoms. The molecule has 2 aromatic carbocycles. The third kappa shape index (κ3) is 2.22. The fourth-order valence-corrected chi connectivity index (χ4v) is 3.22. The quantitative estimate of drug-likeness (QED) is 0.750. The van der Waals surface area contributed by atoms with E-state index >= 15 is 0 Å². The van der Waals surface area contributed by atoms with E-state index in [1.807, 2.05) is 30.3 Å². The maximum atomic E-state index is 6.14. The summed E-state index contributed by atoms with van der Waals surface area (Å²) in [6.07, 6.45) is 0. The third-order valence-corrected chi connectivity index (χ3v) is 4.34. The summed E-state index contributed by atoms with van der Waals surface area (Å²) in [5, 5.41) is 3.97. The minimum atomic E-state index is 0.603. The van der Waals surface area contributed by atoms with E-state index in [4.69, 9.17) is 21.1 Å². The molecule has 1 heterocycles. The molecular weight excluding hydrogens is 282 g/mol. The van der Waals surface area contributed by atoms with Gasteiger partial charge in [-0.1, -0.05) is 23.4 Å². The molecule has 0 saturated heterocycles. The molecule has 5 heteroatoms. The highest BCUT2D eigenvalue weighted by Crippen LogP contribution is 2.48. The van der Waals surface area contributed by atoms with E-state index < -0.39 is 0 Å². The van der Waals surface area contributed by atoms with Crippen LogP contribution in [0, 0.1) is 0 Å². The molecule has 0 unspecified atom stereocenters. The average molecular weight is 294 g/mol. The topological polar surface area (TPSA) is 30.5 Å². The largest absolute Gasteiger partial charge is 0.497 e. The van der Waals surface area contributed by atoms with Gasteiger partial charge in [-0.25, -0.2) is 0 Å². The highest BCUT2D eigenvalue weighted by Gasteiger charge is 2.18. The second-order valence-electron chi connectivity index (χ2n) is 4.07. The van der Waals surface area contributed by atoms with Crippen molar-refractivity contribution >= 4 is 34.7 Å². The molecule has 0 aliphatic carbocycles. The highest BCUT2D eigenvalue weighted by atomic mass is 35.5. The molecule has 2 aromatic rings. The Labute approximate surface area is 120 Å². The third-order valence-electron chi connectivity index (χ3n) is 2.93. The number of methoxy groups -OCH3 is 2. The fourth-order valence-electron chi connectivity index (χ4n) is 1.95. The van der Waals surface area contributed by atoms with Gasteiger partial charge in [0.1, 0.15) is 11.5 Å². The zero-order valence-corrected chi connectivity index (χ0v) is 12.1. The molecule has 1 N–H and O–H groups in total. The molecule has 98 valence electrons. The van der Waals surface area contributed by atoms with Crippen LogP contribution in [0.2, 0.25) is 5.02 Å². The van der Waals surface area contributed by atoms with Crippen LogP contribution < -0.4 is 14.8 Å². The van der Waals surface area contributed by atoms with E-state index in [1.54, 1.807) is 26.0 Å². The van der Waals surface area contributed by atoms with Crippen molar-refractivity contribution in [3.05, 3.63) is 35.4 Å². The van der Waals surface area contributed by atoms with Gasteiger partial charge in [0, 0.05) is 9.79 Å². The van der Waals surface area contributed by atoms with E-state index in [0.717, 1.165) is 26.9 Å². The first-order valence-electron chi connectivity index (χ1n) is 5.71.